The van der Waals surface area contributed by atoms with E-state index in [-0.39, 0.29) is 29.5 Å². The van der Waals surface area contributed by atoms with Gasteiger partial charge in [0.1, 0.15) is 6.54 Å². The molecule has 3 heterocycles. The smallest absolute Gasteiger partial charge is 0.251 e. The minimum Gasteiger partial charge on any atom is -0.349 e. The molecule has 1 aliphatic heterocycles. The Labute approximate surface area is 186 Å². The zero-order valence-electron chi connectivity index (χ0n) is 17.9. The fourth-order valence-electron chi connectivity index (χ4n) is 3.87. The van der Waals surface area contributed by atoms with Crippen LogP contribution in [-0.2, 0) is 27.9 Å². The van der Waals surface area contributed by atoms with Crippen molar-refractivity contribution in [2.45, 2.75) is 37.8 Å². The van der Waals surface area contributed by atoms with Crippen molar-refractivity contribution in [3.8, 4) is 0 Å². The lowest BCUT2D eigenvalue weighted by molar-refractivity contribution is -0.121. The highest BCUT2D eigenvalue weighted by Gasteiger charge is 2.28. The molecular formula is C23H26N4O4S. The lowest BCUT2D eigenvalue weighted by Crippen LogP contribution is -2.37. The average molecular weight is 455 g/mol. The Morgan fingerprint density at radius 3 is 2.62 bits per heavy atom. The van der Waals surface area contributed by atoms with E-state index >= 15 is 0 Å². The zero-order valence-corrected chi connectivity index (χ0v) is 18.7. The van der Waals surface area contributed by atoms with E-state index < -0.39 is 10.0 Å². The van der Waals surface area contributed by atoms with E-state index in [2.05, 4.69) is 17.2 Å². The number of nitrogens with zero attached hydrogens (tertiary/aromatic N) is 3. The second-order valence-corrected chi connectivity index (χ2v) is 10.1. The van der Waals surface area contributed by atoms with E-state index in [1.54, 1.807) is 36.5 Å². The van der Waals surface area contributed by atoms with Crippen molar-refractivity contribution in [1.29, 1.82) is 0 Å². The number of aromatic nitrogens is 2. The van der Waals surface area contributed by atoms with Crippen molar-refractivity contribution < 1.29 is 13.2 Å². The minimum atomic E-state index is -3.60. The number of carbonyl (C=O) groups is 1. The van der Waals surface area contributed by atoms with Gasteiger partial charge >= 0.3 is 0 Å². The highest BCUT2D eigenvalue weighted by atomic mass is 32.2. The Hall–Kier alpha value is -3.04. The molecule has 0 unspecified atom stereocenters. The summed E-state index contributed by atoms with van der Waals surface area (Å²) in [7, 11) is -3.60. The largest absolute Gasteiger partial charge is 0.349 e. The third-order valence-corrected chi connectivity index (χ3v) is 7.73. The average Bonchev–Trinajstić information content (AvgIpc) is 2.80. The van der Waals surface area contributed by atoms with Gasteiger partial charge in [-0.3, -0.25) is 19.1 Å². The molecule has 0 aliphatic carbocycles. The summed E-state index contributed by atoms with van der Waals surface area (Å²) in [4.78, 5) is 29.2. The SMILES string of the molecule is CC1CCN(S(=O)(=O)c2ccc3c(ccc(=O)n3CC(=O)NCc3ccccn3)c2)CC1. The Kier molecular flexibility index (Phi) is 6.38. The van der Waals surface area contributed by atoms with E-state index in [1.807, 2.05) is 6.07 Å². The molecule has 0 bridgehead atoms. The van der Waals surface area contributed by atoms with Crippen LogP contribution in [0.2, 0.25) is 0 Å². The molecule has 8 nitrogen and oxygen atoms in total. The van der Waals surface area contributed by atoms with Gasteiger partial charge in [-0.05, 0) is 60.5 Å². The lowest BCUT2D eigenvalue weighted by Gasteiger charge is -2.29. The lowest BCUT2D eigenvalue weighted by atomic mass is 10.0. The highest BCUT2D eigenvalue weighted by Crippen LogP contribution is 2.25. The van der Waals surface area contributed by atoms with E-state index in [1.165, 1.54) is 21.0 Å². The van der Waals surface area contributed by atoms with Crippen molar-refractivity contribution in [2.75, 3.05) is 13.1 Å². The molecule has 1 amide bonds. The van der Waals surface area contributed by atoms with Crippen LogP contribution in [-0.4, -0.2) is 41.3 Å². The number of carbonyl (C=O) groups excluding carboxylic acids is 1. The van der Waals surface area contributed by atoms with E-state index in [4.69, 9.17) is 0 Å². The van der Waals surface area contributed by atoms with Crippen LogP contribution < -0.4 is 10.9 Å². The van der Waals surface area contributed by atoms with Crippen LogP contribution in [0, 0.1) is 5.92 Å². The predicted molar refractivity (Wildman–Crippen MR) is 121 cm³/mol. The molecule has 1 saturated heterocycles. The summed E-state index contributed by atoms with van der Waals surface area (Å²) in [6.45, 7) is 3.25. The quantitative estimate of drug-likeness (QED) is 0.615. The molecule has 0 atom stereocenters. The monoisotopic (exact) mass is 454 g/mol. The van der Waals surface area contributed by atoms with Crippen LogP contribution in [0.3, 0.4) is 0 Å². The molecule has 1 fully saturated rings. The number of nitrogens with one attached hydrogen (secondary N) is 1. The summed E-state index contributed by atoms with van der Waals surface area (Å²) in [5, 5.41) is 3.35. The topological polar surface area (TPSA) is 101 Å². The van der Waals surface area contributed by atoms with Crippen molar-refractivity contribution in [3.63, 3.8) is 0 Å². The van der Waals surface area contributed by atoms with Crippen molar-refractivity contribution in [2.24, 2.45) is 5.92 Å². The van der Waals surface area contributed by atoms with Crippen molar-refractivity contribution in [3.05, 3.63) is 70.8 Å². The summed E-state index contributed by atoms with van der Waals surface area (Å²) in [6, 6.07) is 13.1. The van der Waals surface area contributed by atoms with Crippen molar-refractivity contribution >= 4 is 26.8 Å². The van der Waals surface area contributed by atoms with Gasteiger partial charge in [0.2, 0.25) is 15.9 Å². The molecule has 32 heavy (non-hydrogen) atoms. The zero-order chi connectivity index (χ0) is 22.7. The van der Waals surface area contributed by atoms with Crippen LogP contribution in [0.25, 0.3) is 10.9 Å². The summed E-state index contributed by atoms with van der Waals surface area (Å²) in [6.07, 6.45) is 3.34. The molecule has 0 radical (unpaired) electrons. The second kappa shape index (κ2) is 9.22. The number of hydrogen-bond acceptors (Lipinski definition) is 5. The Bertz CT molecular complexity index is 1280. The summed E-state index contributed by atoms with van der Waals surface area (Å²) in [5.74, 6) is 0.195. The standard InChI is InChI=1S/C23H26N4O4S/c1-17-9-12-26(13-10-17)32(30,31)20-6-7-21-18(14-20)5-8-23(29)27(21)16-22(28)25-15-19-4-2-3-11-24-19/h2-8,11,14,17H,9-10,12-13,15-16H2,1H3,(H,25,28). The number of amides is 1. The number of fused-ring (bicyclic) bond motifs is 1. The van der Waals surface area contributed by atoms with Crippen LogP contribution >= 0.6 is 0 Å². The maximum atomic E-state index is 13.1. The van der Waals surface area contributed by atoms with Crippen LogP contribution in [0.5, 0.6) is 0 Å². The maximum Gasteiger partial charge on any atom is 0.251 e. The van der Waals surface area contributed by atoms with Gasteiger partial charge in [-0.15, -0.1) is 0 Å². The van der Waals surface area contributed by atoms with Gasteiger partial charge in [0.05, 0.1) is 22.7 Å². The maximum absolute atomic E-state index is 13.1. The van der Waals surface area contributed by atoms with Crippen LogP contribution in [0.4, 0.5) is 0 Å². The third kappa shape index (κ3) is 4.73. The van der Waals surface area contributed by atoms with E-state index in [0.717, 1.165) is 12.8 Å². The number of rotatable bonds is 6. The number of sulfonamides is 1. The number of piperidine rings is 1. The van der Waals surface area contributed by atoms with Gasteiger partial charge in [-0.2, -0.15) is 4.31 Å². The Morgan fingerprint density at radius 2 is 1.91 bits per heavy atom. The number of benzene rings is 1. The predicted octanol–water partition coefficient (Wildman–Crippen LogP) is 2.13. The molecule has 0 spiro atoms. The van der Waals surface area contributed by atoms with Gasteiger partial charge in [-0.1, -0.05) is 13.0 Å². The van der Waals surface area contributed by atoms with Gasteiger partial charge in [0, 0.05) is 25.4 Å². The van der Waals surface area contributed by atoms with Gasteiger partial charge in [0.15, 0.2) is 0 Å². The van der Waals surface area contributed by atoms with E-state index in [0.29, 0.717) is 35.6 Å². The summed E-state index contributed by atoms with van der Waals surface area (Å²) >= 11 is 0. The normalized spacial score (nSPS) is 15.7. The summed E-state index contributed by atoms with van der Waals surface area (Å²) < 4.78 is 29.0. The molecule has 2 aromatic heterocycles. The Morgan fingerprint density at radius 1 is 1.12 bits per heavy atom. The molecule has 9 heteroatoms. The molecule has 1 aromatic carbocycles. The van der Waals surface area contributed by atoms with Gasteiger partial charge in [0.25, 0.3) is 5.56 Å². The third-order valence-electron chi connectivity index (χ3n) is 5.84. The first-order valence-corrected chi connectivity index (χ1v) is 12.1. The van der Waals surface area contributed by atoms with Crippen molar-refractivity contribution in [1.82, 2.24) is 19.2 Å². The minimum absolute atomic E-state index is 0.168. The van der Waals surface area contributed by atoms with Crippen LogP contribution in [0.1, 0.15) is 25.5 Å². The molecule has 4 rings (SSSR count). The van der Waals surface area contributed by atoms with Gasteiger partial charge < -0.3 is 5.32 Å². The fraction of sp³-hybridized carbons (Fsp3) is 0.348. The molecule has 1 aliphatic rings. The molecule has 0 saturated carbocycles. The molecule has 3 aromatic rings. The first-order chi connectivity index (χ1) is 15.3. The number of hydrogen-bond donors (Lipinski definition) is 1. The summed E-state index contributed by atoms with van der Waals surface area (Å²) in [5.41, 5.74) is 0.899. The number of pyridine rings is 2. The van der Waals surface area contributed by atoms with Crippen LogP contribution in [0.15, 0.2) is 64.4 Å². The molecule has 1 N–H and O–H groups in total. The van der Waals surface area contributed by atoms with E-state index in [9.17, 15) is 18.0 Å². The fourth-order valence-corrected chi connectivity index (χ4v) is 5.38. The van der Waals surface area contributed by atoms with Gasteiger partial charge in [-0.25, -0.2) is 8.42 Å². The molecular weight excluding hydrogens is 428 g/mol. The first-order valence-electron chi connectivity index (χ1n) is 10.6. The highest BCUT2D eigenvalue weighted by molar-refractivity contribution is 7.89. The Balaban J connectivity index is 1.56. The second-order valence-electron chi connectivity index (χ2n) is 8.16. The first kappa shape index (κ1) is 22.2. The molecule has 168 valence electrons.